The van der Waals surface area contributed by atoms with Crippen molar-refractivity contribution in [2.75, 3.05) is 6.61 Å². The van der Waals surface area contributed by atoms with Crippen molar-refractivity contribution in [1.29, 1.82) is 0 Å². The van der Waals surface area contributed by atoms with E-state index in [4.69, 9.17) is 4.74 Å². The second kappa shape index (κ2) is 6.67. The maximum absolute atomic E-state index is 12.8. The molecule has 0 aromatic carbocycles. The molecule has 1 unspecified atom stereocenters. The molecule has 4 heteroatoms. The molecule has 0 aliphatic heterocycles. The van der Waals surface area contributed by atoms with Crippen LogP contribution < -0.4 is 5.32 Å². The number of ether oxygens (including phenoxy) is 1. The monoisotopic (exact) mass is 240 g/mol. The maximum atomic E-state index is 12.8. The summed E-state index contributed by atoms with van der Waals surface area (Å²) in [4.78, 5) is 4.09. The first-order valence-corrected chi connectivity index (χ1v) is 5.98. The van der Waals surface area contributed by atoms with Gasteiger partial charge in [0.25, 0.3) is 0 Å². The van der Waals surface area contributed by atoms with Crippen LogP contribution >= 0.6 is 0 Å². The summed E-state index contributed by atoms with van der Waals surface area (Å²) >= 11 is 0. The van der Waals surface area contributed by atoms with Crippen LogP contribution in [0.1, 0.15) is 39.4 Å². The molecule has 0 fully saturated rings. The Hall–Kier alpha value is -1.00. The first kappa shape index (κ1) is 14.1. The lowest BCUT2D eigenvalue weighted by Crippen LogP contribution is -2.32. The Balaban J connectivity index is 2.70. The molecule has 3 nitrogen and oxygen atoms in total. The fourth-order valence-electron chi connectivity index (χ4n) is 1.50. The molecule has 1 aromatic rings. The van der Waals surface area contributed by atoms with Gasteiger partial charge < -0.3 is 10.1 Å². The minimum Gasteiger partial charge on any atom is -0.377 e. The number of hydrogen-bond acceptors (Lipinski definition) is 3. The van der Waals surface area contributed by atoms with Crippen molar-refractivity contribution in [2.45, 2.75) is 45.9 Å². The van der Waals surface area contributed by atoms with Crippen molar-refractivity contribution in [3.05, 3.63) is 29.8 Å². The highest BCUT2D eigenvalue weighted by molar-refractivity contribution is 5.10. The number of rotatable bonds is 6. The summed E-state index contributed by atoms with van der Waals surface area (Å²) in [7, 11) is 0. The molecule has 1 heterocycles. The van der Waals surface area contributed by atoms with E-state index in [0.717, 1.165) is 5.69 Å². The van der Waals surface area contributed by atoms with Crippen LogP contribution in [0.15, 0.2) is 18.3 Å². The average molecular weight is 240 g/mol. The Bertz CT molecular complexity index is 325. The summed E-state index contributed by atoms with van der Waals surface area (Å²) in [5, 5.41) is 3.36. The first-order valence-electron chi connectivity index (χ1n) is 5.98. The van der Waals surface area contributed by atoms with Gasteiger partial charge in [0.2, 0.25) is 0 Å². The normalized spacial score (nSPS) is 13.4. The number of aromatic nitrogens is 1. The second-order valence-corrected chi connectivity index (χ2v) is 4.66. The molecule has 1 rings (SSSR count). The molecule has 17 heavy (non-hydrogen) atoms. The average Bonchev–Trinajstić information content (AvgIpc) is 2.25. The SMILES string of the molecule is CC(C)NC(COC(C)C)c1ccc(F)cn1. The molecular formula is C13H21FN2O. The Kier molecular flexibility index (Phi) is 5.51. The van der Waals surface area contributed by atoms with Crippen molar-refractivity contribution < 1.29 is 9.13 Å². The lowest BCUT2D eigenvalue weighted by atomic mass is 10.1. The predicted octanol–water partition coefficient (Wildman–Crippen LogP) is 2.68. The van der Waals surface area contributed by atoms with Crippen LogP contribution in [-0.4, -0.2) is 23.7 Å². The summed E-state index contributed by atoms with van der Waals surface area (Å²) < 4.78 is 18.4. The molecule has 1 N–H and O–H groups in total. The van der Waals surface area contributed by atoms with E-state index in [1.165, 1.54) is 12.3 Å². The molecule has 1 aromatic heterocycles. The summed E-state index contributed by atoms with van der Waals surface area (Å²) in [5.41, 5.74) is 0.806. The molecule has 0 saturated heterocycles. The number of hydrogen-bond donors (Lipinski definition) is 1. The van der Waals surface area contributed by atoms with E-state index in [-0.39, 0.29) is 18.0 Å². The second-order valence-electron chi connectivity index (χ2n) is 4.66. The van der Waals surface area contributed by atoms with Gasteiger partial charge in [-0.1, -0.05) is 13.8 Å². The lowest BCUT2D eigenvalue weighted by molar-refractivity contribution is 0.0585. The number of nitrogens with zero attached hydrogens (tertiary/aromatic N) is 1. The van der Waals surface area contributed by atoms with Crippen molar-refractivity contribution in [3.63, 3.8) is 0 Å². The van der Waals surface area contributed by atoms with Gasteiger partial charge in [-0.3, -0.25) is 4.98 Å². The Morgan fingerprint density at radius 2 is 2.00 bits per heavy atom. The van der Waals surface area contributed by atoms with Gasteiger partial charge in [0.05, 0.1) is 30.6 Å². The molecule has 0 saturated carbocycles. The molecule has 0 amide bonds. The highest BCUT2D eigenvalue weighted by atomic mass is 19.1. The zero-order chi connectivity index (χ0) is 12.8. The van der Waals surface area contributed by atoms with Crippen LogP contribution in [0.3, 0.4) is 0 Å². The van der Waals surface area contributed by atoms with Crippen molar-refractivity contribution >= 4 is 0 Å². The number of nitrogens with one attached hydrogen (secondary N) is 1. The molecular weight excluding hydrogens is 219 g/mol. The minimum absolute atomic E-state index is 0.00185. The van der Waals surface area contributed by atoms with Crippen molar-refractivity contribution in [1.82, 2.24) is 10.3 Å². The summed E-state index contributed by atoms with van der Waals surface area (Å²) in [6, 6.07) is 3.44. The quantitative estimate of drug-likeness (QED) is 0.830. The molecule has 0 aliphatic rings. The van der Waals surface area contributed by atoms with E-state index < -0.39 is 0 Å². The fourth-order valence-corrected chi connectivity index (χ4v) is 1.50. The van der Waals surface area contributed by atoms with Gasteiger partial charge in [-0.05, 0) is 26.0 Å². The zero-order valence-electron chi connectivity index (χ0n) is 10.9. The van der Waals surface area contributed by atoms with Crippen LogP contribution in [0.4, 0.5) is 4.39 Å². The molecule has 0 aliphatic carbocycles. The molecule has 0 spiro atoms. The van der Waals surface area contributed by atoms with Gasteiger partial charge in [0.1, 0.15) is 5.82 Å². The third kappa shape index (κ3) is 5.24. The molecule has 0 bridgehead atoms. The van der Waals surface area contributed by atoms with E-state index >= 15 is 0 Å². The van der Waals surface area contributed by atoms with E-state index in [1.54, 1.807) is 6.07 Å². The van der Waals surface area contributed by atoms with Crippen LogP contribution in [0, 0.1) is 5.82 Å². The fraction of sp³-hybridized carbons (Fsp3) is 0.615. The van der Waals surface area contributed by atoms with Gasteiger partial charge in [-0.2, -0.15) is 0 Å². The van der Waals surface area contributed by atoms with Gasteiger partial charge in [0.15, 0.2) is 0 Å². The Labute approximate surface area is 102 Å². The van der Waals surface area contributed by atoms with Gasteiger partial charge >= 0.3 is 0 Å². The Morgan fingerprint density at radius 3 is 2.47 bits per heavy atom. The summed E-state index contributed by atoms with van der Waals surface area (Å²) in [5.74, 6) is -0.318. The van der Waals surface area contributed by atoms with Crippen LogP contribution in [0.5, 0.6) is 0 Å². The number of pyridine rings is 1. The predicted molar refractivity (Wildman–Crippen MR) is 66.3 cm³/mol. The lowest BCUT2D eigenvalue weighted by Gasteiger charge is -2.22. The molecule has 96 valence electrons. The van der Waals surface area contributed by atoms with E-state index in [1.807, 2.05) is 13.8 Å². The molecule has 0 radical (unpaired) electrons. The van der Waals surface area contributed by atoms with Crippen molar-refractivity contribution in [3.8, 4) is 0 Å². The van der Waals surface area contributed by atoms with Gasteiger partial charge in [-0.25, -0.2) is 4.39 Å². The third-order valence-corrected chi connectivity index (χ3v) is 2.24. The van der Waals surface area contributed by atoms with Crippen LogP contribution in [0.25, 0.3) is 0 Å². The van der Waals surface area contributed by atoms with E-state index in [0.29, 0.717) is 12.6 Å². The Morgan fingerprint density at radius 1 is 1.29 bits per heavy atom. The standard InChI is InChI=1S/C13H21FN2O/c1-9(2)16-13(8-17-10(3)4)12-6-5-11(14)7-15-12/h5-7,9-10,13,16H,8H2,1-4H3. The third-order valence-electron chi connectivity index (χ3n) is 2.24. The summed E-state index contributed by atoms with van der Waals surface area (Å²) in [6.07, 6.45) is 1.41. The highest BCUT2D eigenvalue weighted by Crippen LogP contribution is 2.13. The minimum atomic E-state index is -0.318. The van der Waals surface area contributed by atoms with Gasteiger partial charge in [-0.15, -0.1) is 0 Å². The zero-order valence-corrected chi connectivity index (χ0v) is 10.9. The first-order chi connectivity index (χ1) is 7.99. The number of halogens is 1. The summed E-state index contributed by atoms with van der Waals surface area (Å²) in [6.45, 7) is 8.64. The topological polar surface area (TPSA) is 34.1 Å². The van der Waals surface area contributed by atoms with Crippen LogP contribution in [-0.2, 0) is 4.74 Å². The van der Waals surface area contributed by atoms with Gasteiger partial charge in [0, 0.05) is 6.04 Å². The highest BCUT2D eigenvalue weighted by Gasteiger charge is 2.14. The smallest absolute Gasteiger partial charge is 0.141 e. The van der Waals surface area contributed by atoms with Crippen LogP contribution in [0.2, 0.25) is 0 Å². The van der Waals surface area contributed by atoms with E-state index in [2.05, 4.69) is 24.1 Å². The maximum Gasteiger partial charge on any atom is 0.141 e. The van der Waals surface area contributed by atoms with Crippen molar-refractivity contribution in [2.24, 2.45) is 0 Å². The molecule has 1 atom stereocenters. The van der Waals surface area contributed by atoms with E-state index in [9.17, 15) is 4.39 Å². The largest absolute Gasteiger partial charge is 0.377 e.